The number of hydrogen-bond acceptors (Lipinski definition) is 2. The van der Waals surface area contributed by atoms with Crippen molar-refractivity contribution in [2.24, 2.45) is 10.8 Å². The lowest BCUT2D eigenvalue weighted by Gasteiger charge is -2.76. The number of rotatable bonds is 0. The molecular weight excluding hydrogens is 304 g/mol. The Balaban J connectivity index is 1.79. The second-order valence-electron chi connectivity index (χ2n) is 9.09. The van der Waals surface area contributed by atoms with Gasteiger partial charge in [-0.25, -0.2) is 0 Å². The van der Waals surface area contributed by atoms with Crippen LogP contribution in [0.25, 0.3) is 21.7 Å². The minimum Gasteiger partial charge on any atom is -0.255 e. The van der Waals surface area contributed by atoms with Gasteiger partial charge in [0, 0.05) is 27.8 Å². The van der Waals surface area contributed by atoms with Gasteiger partial charge in [0.15, 0.2) is 0 Å². The summed E-state index contributed by atoms with van der Waals surface area (Å²) in [4.78, 5) is 4.90. The Kier molecular flexibility index (Phi) is 2.06. The van der Waals surface area contributed by atoms with Crippen molar-refractivity contribution >= 4 is 21.7 Å². The Labute approximate surface area is 147 Å². The molecule has 2 saturated carbocycles. The van der Waals surface area contributed by atoms with E-state index in [2.05, 4.69) is 45.2 Å². The quantitative estimate of drug-likeness (QED) is 0.517. The van der Waals surface area contributed by atoms with E-state index in [0.29, 0.717) is 16.7 Å². The van der Waals surface area contributed by atoms with Gasteiger partial charge in [-0.05, 0) is 46.8 Å². The maximum Gasteiger partial charge on any atom is 0.0998 e. The van der Waals surface area contributed by atoms with Gasteiger partial charge in [-0.15, -0.1) is 0 Å². The molecule has 2 fully saturated rings. The average molecular weight is 324 g/mol. The van der Waals surface area contributed by atoms with Gasteiger partial charge >= 0.3 is 0 Å². The molecule has 0 aliphatic heterocycles. The third-order valence-electron chi connectivity index (χ3n) is 8.45. The molecule has 25 heavy (non-hydrogen) atoms. The van der Waals surface area contributed by atoms with Crippen LogP contribution in [0.15, 0.2) is 36.5 Å². The average Bonchev–Trinajstić information content (AvgIpc) is 2.71. The Morgan fingerprint density at radius 3 is 2.60 bits per heavy atom. The predicted molar refractivity (Wildman–Crippen MR) is 99.5 cm³/mol. The van der Waals surface area contributed by atoms with Crippen molar-refractivity contribution in [1.82, 2.24) is 4.98 Å². The van der Waals surface area contributed by atoms with Crippen molar-refractivity contribution in [3.8, 4) is 6.07 Å². The lowest BCUT2D eigenvalue weighted by molar-refractivity contribution is -0.227. The number of aromatic nitrogens is 1. The molecule has 0 radical (unpaired) electrons. The molecular formula is C23H20N2. The SMILES string of the molecule is CC12CC3c4cnc5c(cc(C#N)c6ccccc65)c4C(C)(C1)C32C. The zero-order chi connectivity index (χ0) is 17.2. The van der Waals surface area contributed by atoms with Gasteiger partial charge in [0.1, 0.15) is 0 Å². The molecule has 122 valence electrons. The lowest BCUT2D eigenvalue weighted by atomic mass is 9.28. The largest absolute Gasteiger partial charge is 0.255 e. The number of nitrogens with zero attached hydrogens (tertiary/aromatic N) is 2. The lowest BCUT2D eigenvalue weighted by Crippen LogP contribution is -2.70. The first-order valence-electron chi connectivity index (χ1n) is 9.20. The van der Waals surface area contributed by atoms with Crippen molar-refractivity contribution in [3.05, 3.63) is 53.2 Å². The molecule has 0 bridgehead atoms. The second-order valence-corrected chi connectivity index (χ2v) is 9.09. The first-order chi connectivity index (χ1) is 11.9. The molecule has 3 aromatic rings. The smallest absolute Gasteiger partial charge is 0.0998 e. The summed E-state index contributed by atoms with van der Waals surface area (Å²) in [5.41, 5.74) is 5.83. The summed E-state index contributed by atoms with van der Waals surface area (Å²) >= 11 is 0. The number of pyridine rings is 1. The van der Waals surface area contributed by atoms with E-state index >= 15 is 0 Å². The van der Waals surface area contributed by atoms with Crippen LogP contribution in [0.4, 0.5) is 0 Å². The van der Waals surface area contributed by atoms with E-state index in [9.17, 15) is 5.26 Å². The summed E-state index contributed by atoms with van der Waals surface area (Å²) in [6, 6.07) is 12.7. The number of nitriles is 1. The molecule has 4 unspecified atom stereocenters. The molecule has 2 heteroatoms. The van der Waals surface area contributed by atoms with Crippen LogP contribution in [0.2, 0.25) is 0 Å². The van der Waals surface area contributed by atoms with Crippen LogP contribution in [-0.4, -0.2) is 4.98 Å². The highest BCUT2D eigenvalue weighted by atomic mass is 14.9. The summed E-state index contributed by atoms with van der Waals surface area (Å²) in [6.45, 7) is 7.40. The van der Waals surface area contributed by atoms with Crippen LogP contribution >= 0.6 is 0 Å². The van der Waals surface area contributed by atoms with Crippen molar-refractivity contribution in [2.45, 2.75) is 44.9 Å². The summed E-state index contributed by atoms with van der Waals surface area (Å²) in [7, 11) is 0. The van der Waals surface area contributed by atoms with E-state index in [0.717, 1.165) is 21.9 Å². The maximum atomic E-state index is 9.72. The van der Waals surface area contributed by atoms with Crippen LogP contribution in [0.5, 0.6) is 0 Å². The van der Waals surface area contributed by atoms with Crippen LogP contribution in [0.1, 0.15) is 56.2 Å². The molecule has 6 rings (SSSR count). The Hall–Kier alpha value is -2.40. The van der Waals surface area contributed by atoms with E-state index < -0.39 is 0 Å². The molecule has 3 aliphatic rings. The van der Waals surface area contributed by atoms with Crippen LogP contribution in [0.3, 0.4) is 0 Å². The highest BCUT2D eigenvalue weighted by molar-refractivity contribution is 6.09. The van der Waals surface area contributed by atoms with Crippen LogP contribution < -0.4 is 0 Å². The van der Waals surface area contributed by atoms with E-state index in [1.807, 2.05) is 18.2 Å². The van der Waals surface area contributed by atoms with Crippen molar-refractivity contribution in [3.63, 3.8) is 0 Å². The van der Waals surface area contributed by atoms with E-state index in [1.54, 1.807) is 0 Å². The van der Waals surface area contributed by atoms with Crippen molar-refractivity contribution < 1.29 is 0 Å². The Morgan fingerprint density at radius 2 is 1.88 bits per heavy atom. The molecule has 2 aromatic carbocycles. The standard InChI is InChI=1S/C23H20N2/c1-21-9-18-17-11-25-20-15-7-5-4-6-14(15)13(10-24)8-16(20)19(17)22(2,12-21)23(18,21)3/h4-8,11,18H,9,12H2,1-3H3. The van der Waals surface area contributed by atoms with Gasteiger partial charge in [-0.1, -0.05) is 45.0 Å². The fraction of sp³-hybridized carbons (Fsp3) is 0.391. The normalized spacial score (nSPS) is 37.1. The topological polar surface area (TPSA) is 36.7 Å². The number of hydrogen-bond donors (Lipinski definition) is 0. The van der Waals surface area contributed by atoms with E-state index in [1.165, 1.54) is 29.4 Å². The van der Waals surface area contributed by atoms with E-state index in [4.69, 9.17) is 4.98 Å². The highest BCUT2D eigenvalue weighted by Crippen LogP contribution is 2.87. The van der Waals surface area contributed by atoms with Crippen molar-refractivity contribution in [1.29, 1.82) is 5.26 Å². The Morgan fingerprint density at radius 1 is 1.12 bits per heavy atom. The summed E-state index contributed by atoms with van der Waals surface area (Å²) in [6.07, 6.45) is 4.70. The van der Waals surface area contributed by atoms with E-state index in [-0.39, 0.29) is 5.41 Å². The molecule has 2 nitrogen and oxygen atoms in total. The third kappa shape index (κ3) is 1.16. The summed E-state index contributed by atoms with van der Waals surface area (Å²) < 4.78 is 0. The zero-order valence-electron chi connectivity index (χ0n) is 14.9. The fourth-order valence-electron chi connectivity index (χ4n) is 7.11. The number of fused-ring (bicyclic) bond motifs is 7. The van der Waals surface area contributed by atoms with Crippen LogP contribution in [0, 0.1) is 22.2 Å². The van der Waals surface area contributed by atoms with Gasteiger partial charge in [-0.2, -0.15) is 5.26 Å². The minimum atomic E-state index is 0.219. The minimum absolute atomic E-state index is 0.219. The molecule has 3 aliphatic carbocycles. The Bertz CT molecular complexity index is 1170. The maximum absolute atomic E-state index is 9.72. The van der Waals surface area contributed by atoms with Gasteiger partial charge < -0.3 is 0 Å². The molecule has 0 N–H and O–H groups in total. The summed E-state index contributed by atoms with van der Waals surface area (Å²) in [5.74, 6) is 0.639. The first-order valence-corrected chi connectivity index (χ1v) is 9.20. The predicted octanol–water partition coefficient (Wildman–Crippen LogP) is 5.43. The molecule has 0 spiro atoms. The van der Waals surface area contributed by atoms with Gasteiger partial charge in [0.2, 0.25) is 0 Å². The molecule has 1 aromatic heterocycles. The second kappa shape index (κ2) is 3.73. The first kappa shape index (κ1) is 13.8. The molecule has 0 amide bonds. The fourth-order valence-corrected chi connectivity index (χ4v) is 7.11. The van der Waals surface area contributed by atoms with Crippen LogP contribution in [-0.2, 0) is 5.41 Å². The molecule has 4 atom stereocenters. The van der Waals surface area contributed by atoms with Gasteiger partial charge in [-0.3, -0.25) is 4.98 Å². The zero-order valence-corrected chi connectivity index (χ0v) is 14.9. The highest BCUT2D eigenvalue weighted by Gasteiger charge is 2.80. The monoisotopic (exact) mass is 324 g/mol. The van der Waals surface area contributed by atoms with Gasteiger partial charge in [0.25, 0.3) is 0 Å². The molecule has 0 saturated heterocycles. The number of benzene rings is 2. The molecule has 1 heterocycles. The van der Waals surface area contributed by atoms with Gasteiger partial charge in [0.05, 0.1) is 17.1 Å². The summed E-state index contributed by atoms with van der Waals surface area (Å²) in [5, 5.41) is 13.1. The van der Waals surface area contributed by atoms with Crippen molar-refractivity contribution in [2.75, 3.05) is 0 Å². The third-order valence-corrected chi connectivity index (χ3v) is 8.45.